The molecular weight excluding hydrogens is 174 g/mol. The molecule has 70 valence electrons. The van der Waals surface area contributed by atoms with Crippen molar-refractivity contribution < 1.29 is 15.0 Å². The summed E-state index contributed by atoms with van der Waals surface area (Å²) in [4.78, 5) is 21.7. The number of carboxylic acid groups (broad SMARTS) is 1. The van der Waals surface area contributed by atoms with E-state index in [1.165, 1.54) is 20.0 Å². The van der Waals surface area contributed by atoms with Crippen molar-refractivity contribution in [3.8, 4) is 5.88 Å². The predicted molar refractivity (Wildman–Crippen MR) is 45.0 cm³/mol. The van der Waals surface area contributed by atoms with Gasteiger partial charge in [-0.05, 0) is 12.5 Å². The lowest BCUT2D eigenvalue weighted by Crippen LogP contribution is -2.19. The zero-order valence-electron chi connectivity index (χ0n) is 7.24. The van der Waals surface area contributed by atoms with Crippen molar-refractivity contribution in [2.24, 2.45) is 7.05 Å². The molecule has 0 saturated carbocycles. The van der Waals surface area contributed by atoms with Crippen LogP contribution in [0.25, 0.3) is 0 Å². The van der Waals surface area contributed by atoms with E-state index in [1.807, 2.05) is 0 Å². The molecule has 1 aromatic rings. The fraction of sp³-hybridized carbons (Fsp3) is 0.250. The number of carbonyl (C=O) groups is 1. The third-order valence-corrected chi connectivity index (χ3v) is 1.82. The van der Waals surface area contributed by atoms with Crippen LogP contribution in [-0.4, -0.2) is 20.7 Å². The summed E-state index contributed by atoms with van der Waals surface area (Å²) in [6.45, 7) is 1.46. The van der Waals surface area contributed by atoms with Gasteiger partial charge < -0.3 is 10.2 Å². The molecule has 0 aliphatic rings. The van der Waals surface area contributed by atoms with E-state index in [-0.39, 0.29) is 11.1 Å². The van der Waals surface area contributed by atoms with Crippen molar-refractivity contribution in [3.63, 3.8) is 0 Å². The van der Waals surface area contributed by atoms with Gasteiger partial charge in [0.25, 0.3) is 5.56 Å². The summed E-state index contributed by atoms with van der Waals surface area (Å²) >= 11 is 0. The Hall–Kier alpha value is -1.78. The molecule has 0 aromatic carbocycles. The number of hydrogen-bond acceptors (Lipinski definition) is 3. The minimum atomic E-state index is -1.24. The summed E-state index contributed by atoms with van der Waals surface area (Å²) in [5.74, 6) is -1.76. The second-order valence-corrected chi connectivity index (χ2v) is 2.73. The van der Waals surface area contributed by atoms with Gasteiger partial charge in [0.05, 0.1) is 0 Å². The molecule has 1 aromatic heterocycles. The molecule has 0 radical (unpaired) electrons. The molecule has 5 heteroatoms. The first kappa shape index (κ1) is 9.31. The van der Waals surface area contributed by atoms with Crippen LogP contribution in [0.4, 0.5) is 0 Å². The van der Waals surface area contributed by atoms with Gasteiger partial charge in [0.2, 0.25) is 5.88 Å². The Morgan fingerprint density at radius 3 is 2.54 bits per heavy atom. The Morgan fingerprint density at radius 2 is 2.08 bits per heavy atom. The zero-order valence-corrected chi connectivity index (χ0v) is 7.24. The van der Waals surface area contributed by atoms with Gasteiger partial charge >= 0.3 is 5.97 Å². The monoisotopic (exact) mass is 183 g/mol. The molecule has 0 aliphatic heterocycles. The number of nitrogens with zero attached hydrogens (tertiary/aromatic N) is 1. The predicted octanol–water partition coefficient (Wildman–Crippen LogP) is 0.0975. The molecule has 0 unspecified atom stereocenters. The molecule has 0 spiro atoms. The highest BCUT2D eigenvalue weighted by Gasteiger charge is 2.16. The topological polar surface area (TPSA) is 79.5 Å². The van der Waals surface area contributed by atoms with E-state index in [1.54, 1.807) is 0 Å². The van der Waals surface area contributed by atoms with Crippen LogP contribution in [0.5, 0.6) is 5.88 Å². The van der Waals surface area contributed by atoms with Crippen molar-refractivity contribution >= 4 is 5.97 Å². The summed E-state index contributed by atoms with van der Waals surface area (Å²) in [6.07, 6.45) is 0. The number of rotatable bonds is 1. The molecule has 0 bridgehead atoms. The maximum atomic E-state index is 11.0. The Balaban J connectivity index is 3.63. The number of aromatic nitrogens is 1. The van der Waals surface area contributed by atoms with Crippen molar-refractivity contribution in [1.82, 2.24) is 4.57 Å². The summed E-state index contributed by atoms with van der Waals surface area (Å²) < 4.78 is 0.885. The molecule has 1 rings (SSSR count). The molecule has 0 aliphatic carbocycles. The quantitative estimate of drug-likeness (QED) is 0.647. The lowest BCUT2D eigenvalue weighted by atomic mass is 10.1. The highest BCUT2D eigenvalue weighted by Crippen LogP contribution is 2.16. The molecule has 5 nitrogen and oxygen atoms in total. The van der Waals surface area contributed by atoms with Gasteiger partial charge in [-0.2, -0.15) is 0 Å². The van der Waals surface area contributed by atoms with Gasteiger partial charge in [0.1, 0.15) is 5.56 Å². The van der Waals surface area contributed by atoms with Crippen LogP contribution in [0.15, 0.2) is 10.9 Å². The van der Waals surface area contributed by atoms with E-state index >= 15 is 0 Å². The van der Waals surface area contributed by atoms with E-state index in [0.717, 1.165) is 4.57 Å². The third kappa shape index (κ3) is 1.40. The number of hydrogen-bond donors (Lipinski definition) is 2. The van der Waals surface area contributed by atoms with Crippen LogP contribution in [0.2, 0.25) is 0 Å². The fourth-order valence-corrected chi connectivity index (χ4v) is 1.07. The van der Waals surface area contributed by atoms with Crippen molar-refractivity contribution in [3.05, 3.63) is 27.5 Å². The summed E-state index contributed by atoms with van der Waals surface area (Å²) in [5.41, 5.74) is -0.407. The largest absolute Gasteiger partial charge is 0.494 e. The average Bonchev–Trinajstić information content (AvgIpc) is 1.99. The molecule has 0 fully saturated rings. The number of carboxylic acids is 1. The lowest BCUT2D eigenvalue weighted by molar-refractivity contribution is 0.0691. The van der Waals surface area contributed by atoms with Gasteiger partial charge in [-0.15, -0.1) is 0 Å². The number of aryl methyl sites for hydroxylation is 1. The van der Waals surface area contributed by atoms with Crippen LogP contribution in [0, 0.1) is 6.92 Å². The summed E-state index contributed by atoms with van der Waals surface area (Å²) in [7, 11) is 1.31. The van der Waals surface area contributed by atoms with Gasteiger partial charge in [0.15, 0.2) is 0 Å². The highest BCUT2D eigenvalue weighted by molar-refractivity contribution is 5.91. The maximum absolute atomic E-state index is 11.0. The highest BCUT2D eigenvalue weighted by atomic mass is 16.4. The minimum absolute atomic E-state index is 0.234. The van der Waals surface area contributed by atoms with E-state index in [4.69, 9.17) is 5.11 Å². The first-order valence-corrected chi connectivity index (χ1v) is 3.58. The molecule has 13 heavy (non-hydrogen) atoms. The molecule has 2 N–H and O–H groups in total. The van der Waals surface area contributed by atoms with Gasteiger partial charge in [-0.3, -0.25) is 9.36 Å². The van der Waals surface area contributed by atoms with Crippen LogP contribution < -0.4 is 5.56 Å². The standard InChI is InChI=1S/C8H9NO4/c1-4-3-5(10)9(2)7(11)6(4)8(12)13/h3,11H,1-2H3,(H,12,13). The van der Waals surface area contributed by atoms with Crippen LogP contribution in [0.1, 0.15) is 15.9 Å². The maximum Gasteiger partial charge on any atom is 0.341 e. The number of aromatic carboxylic acids is 1. The van der Waals surface area contributed by atoms with E-state index in [2.05, 4.69) is 0 Å². The zero-order chi connectivity index (χ0) is 10.2. The lowest BCUT2D eigenvalue weighted by Gasteiger charge is -2.06. The average molecular weight is 183 g/mol. The second kappa shape index (κ2) is 2.93. The van der Waals surface area contributed by atoms with Crippen LogP contribution >= 0.6 is 0 Å². The third-order valence-electron chi connectivity index (χ3n) is 1.82. The Labute approximate surface area is 73.9 Å². The number of pyridine rings is 1. The normalized spacial score (nSPS) is 10.0. The van der Waals surface area contributed by atoms with E-state index in [9.17, 15) is 14.7 Å². The summed E-state index contributed by atoms with van der Waals surface area (Å²) in [6, 6.07) is 1.17. The van der Waals surface area contributed by atoms with E-state index in [0.29, 0.717) is 0 Å². The van der Waals surface area contributed by atoms with Crippen molar-refractivity contribution in [1.29, 1.82) is 0 Å². The molecule has 0 atom stereocenters. The SMILES string of the molecule is Cc1cc(=O)n(C)c(O)c1C(=O)O. The van der Waals surface area contributed by atoms with Crippen LogP contribution in [-0.2, 0) is 7.05 Å². The molecular formula is C8H9NO4. The molecule has 0 amide bonds. The Bertz CT molecular complexity index is 419. The first-order valence-electron chi connectivity index (χ1n) is 3.58. The van der Waals surface area contributed by atoms with Gasteiger partial charge in [0, 0.05) is 13.1 Å². The summed E-state index contributed by atoms with van der Waals surface area (Å²) in [5, 5.41) is 18.0. The smallest absolute Gasteiger partial charge is 0.341 e. The van der Waals surface area contributed by atoms with E-state index < -0.39 is 17.4 Å². The first-order chi connectivity index (χ1) is 5.95. The van der Waals surface area contributed by atoms with Crippen molar-refractivity contribution in [2.75, 3.05) is 0 Å². The Morgan fingerprint density at radius 1 is 1.54 bits per heavy atom. The van der Waals surface area contributed by atoms with Gasteiger partial charge in [-0.25, -0.2) is 4.79 Å². The van der Waals surface area contributed by atoms with Gasteiger partial charge in [-0.1, -0.05) is 0 Å². The number of aromatic hydroxyl groups is 1. The fourth-order valence-electron chi connectivity index (χ4n) is 1.07. The molecule has 0 saturated heterocycles. The second-order valence-electron chi connectivity index (χ2n) is 2.73. The molecule has 1 heterocycles. The van der Waals surface area contributed by atoms with Crippen LogP contribution in [0.3, 0.4) is 0 Å². The Kier molecular flexibility index (Phi) is 2.10. The minimum Gasteiger partial charge on any atom is -0.494 e. The van der Waals surface area contributed by atoms with Crippen molar-refractivity contribution in [2.45, 2.75) is 6.92 Å².